The Morgan fingerprint density at radius 3 is 1.91 bits per heavy atom. The lowest BCUT2D eigenvalue weighted by molar-refractivity contribution is 0.274. The van der Waals surface area contributed by atoms with Crippen LogP contribution in [0.5, 0.6) is 11.5 Å². The van der Waals surface area contributed by atoms with Crippen LogP contribution in [-0.2, 0) is 0 Å². The molecule has 0 aliphatic carbocycles. The van der Waals surface area contributed by atoms with Gasteiger partial charge in [0.25, 0.3) is 0 Å². The van der Waals surface area contributed by atoms with E-state index in [1.807, 2.05) is 24.3 Å². The monoisotopic (exact) mass is 468 g/mol. The summed E-state index contributed by atoms with van der Waals surface area (Å²) >= 11 is 0. The van der Waals surface area contributed by atoms with E-state index in [0.29, 0.717) is 11.7 Å². The number of aromatic nitrogens is 2. The summed E-state index contributed by atoms with van der Waals surface area (Å²) in [6, 6.07) is 8.07. The van der Waals surface area contributed by atoms with Gasteiger partial charge in [-0.05, 0) is 48.9 Å². The maximum Gasteiger partial charge on any atom is 0.159 e. The fourth-order valence-electron chi connectivity index (χ4n) is 4.06. The van der Waals surface area contributed by atoms with Crippen LogP contribution in [-0.4, -0.2) is 23.2 Å². The summed E-state index contributed by atoms with van der Waals surface area (Å²) < 4.78 is 11.8. The lowest BCUT2D eigenvalue weighted by Crippen LogP contribution is -2.05. The number of unbranched alkanes of at least 4 members (excludes halogenated alkanes) is 7. The topological polar surface area (TPSA) is 44.2 Å². The van der Waals surface area contributed by atoms with E-state index < -0.39 is 0 Å². The number of benzene rings is 1. The molecule has 0 bridgehead atoms. The summed E-state index contributed by atoms with van der Waals surface area (Å²) in [6.45, 7) is 10.7. The third kappa shape index (κ3) is 12.4. The standard InChI is InChI=1S/C30H48N2O2/c1-5-6-7-8-9-10-11-12-21-33-28-18-16-27(17-19-28)30-31-23-29(24-32-30)34-22-20-26(4)15-13-14-25(2)3/h16-19,23-26H,5-15,20-22H2,1-4H3/t26-/m1/s1. The van der Waals surface area contributed by atoms with Gasteiger partial charge in [0.15, 0.2) is 11.6 Å². The van der Waals surface area contributed by atoms with Crippen LogP contribution in [0.2, 0.25) is 0 Å². The summed E-state index contributed by atoms with van der Waals surface area (Å²) in [5.41, 5.74) is 0.991. The molecule has 190 valence electrons. The minimum Gasteiger partial charge on any atom is -0.494 e. The van der Waals surface area contributed by atoms with Crippen molar-refractivity contribution < 1.29 is 9.47 Å². The molecule has 1 aromatic heterocycles. The fourth-order valence-corrected chi connectivity index (χ4v) is 4.06. The second-order valence-corrected chi connectivity index (χ2v) is 10.2. The van der Waals surface area contributed by atoms with Crippen LogP contribution < -0.4 is 9.47 Å². The van der Waals surface area contributed by atoms with Gasteiger partial charge >= 0.3 is 0 Å². The first-order chi connectivity index (χ1) is 16.6. The van der Waals surface area contributed by atoms with E-state index >= 15 is 0 Å². The molecule has 0 aliphatic rings. The lowest BCUT2D eigenvalue weighted by Gasteiger charge is -2.13. The van der Waals surface area contributed by atoms with E-state index in [1.54, 1.807) is 12.4 Å². The highest BCUT2D eigenvalue weighted by Gasteiger charge is 2.06. The Morgan fingerprint density at radius 1 is 0.647 bits per heavy atom. The number of ether oxygens (including phenoxy) is 2. The molecule has 4 nitrogen and oxygen atoms in total. The van der Waals surface area contributed by atoms with E-state index in [-0.39, 0.29) is 0 Å². The van der Waals surface area contributed by atoms with Gasteiger partial charge in [0.1, 0.15) is 5.75 Å². The van der Waals surface area contributed by atoms with Crippen LogP contribution >= 0.6 is 0 Å². The van der Waals surface area contributed by atoms with Crippen LogP contribution in [0.25, 0.3) is 11.4 Å². The zero-order valence-electron chi connectivity index (χ0n) is 22.2. The Morgan fingerprint density at radius 2 is 1.26 bits per heavy atom. The van der Waals surface area contributed by atoms with Crippen molar-refractivity contribution in [3.8, 4) is 22.9 Å². The Hall–Kier alpha value is -2.10. The third-order valence-corrected chi connectivity index (χ3v) is 6.37. The average molecular weight is 469 g/mol. The molecule has 0 fully saturated rings. The van der Waals surface area contributed by atoms with Gasteiger partial charge in [-0.3, -0.25) is 0 Å². The van der Waals surface area contributed by atoms with Crippen molar-refractivity contribution >= 4 is 0 Å². The maximum atomic E-state index is 5.90. The first-order valence-electron chi connectivity index (χ1n) is 13.8. The number of hydrogen-bond donors (Lipinski definition) is 0. The zero-order valence-corrected chi connectivity index (χ0v) is 22.2. The molecule has 2 rings (SSSR count). The number of nitrogens with zero attached hydrogens (tertiary/aromatic N) is 2. The van der Waals surface area contributed by atoms with Crippen molar-refractivity contribution in [1.29, 1.82) is 0 Å². The van der Waals surface area contributed by atoms with Crippen molar-refractivity contribution in [2.24, 2.45) is 11.8 Å². The van der Waals surface area contributed by atoms with Gasteiger partial charge in [-0.15, -0.1) is 0 Å². The Bertz CT molecular complexity index is 743. The van der Waals surface area contributed by atoms with Gasteiger partial charge in [-0.25, -0.2) is 9.97 Å². The predicted molar refractivity (Wildman–Crippen MR) is 144 cm³/mol. The Kier molecular flexibility index (Phi) is 14.4. The Balaban J connectivity index is 1.63. The Labute approximate surface area is 208 Å². The minimum atomic E-state index is 0.690. The van der Waals surface area contributed by atoms with Gasteiger partial charge in [-0.1, -0.05) is 91.9 Å². The molecule has 0 amide bonds. The molecule has 1 aromatic carbocycles. The summed E-state index contributed by atoms with van der Waals surface area (Å²) in [7, 11) is 0. The fraction of sp³-hybridized carbons (Fsp3) is 0.667. The van der Waals surface area contributed by atoms with E-state index in [1.165, 1.54) is 64.2 Å². The molecule has 34 heavy (non-hydrogen) atoms. The quantitative estimate of drug-likeness (QED) is 0.193. The minimum absolute atomic E-state index is 0.690. The molecule has 0 spiro atoms. The van der Waals surface area contributed by atoms with Crippen LogP contribution in [0.3, 0.4) is 0 Å². The van der Waals surface area contributed by atoms with Gasteiger partial charge in [-0.2, -0.15) is 0 Å². The van der Waals surface area contributed by atoms with Crippen LogP contribution in [0.1, 0.15) is 105 Å². The first-order valence-corrected chi connectivity index (χ1v) is 13.8. The van der Waals surface area contributed by atoms with E-state index in [2.05, 4.69) is 37.7 Å². The largest absolute Gasteiger partial charge is 0.494 e. The maximum absolute atomic E-state index is 5.90. The van der Waals surface area contributed by atoms with Crippen LogP contribution in [0.4, 0.5) is 0 Å². The molecule has 1 heterocycles. The van der Waals surface area contributed by atoms with Gasteiger partial charge < -0.3 is 9.47 Å². The second kappa shape index (κ2) is 17.4. The molecule has 0 unspecified atom stereocenters. The summed E-state index contributed by atoms with van der Waals surface area (Å²) in [6.07, 6.45) is 19.0. The van der Waals surface area contributed by atoms with Crippen molar-refractivity contribution in [1.82, 2.24) is 9.97 Å². The molecule has 0 N–H and O–H groups in total. The van der Waals surface area contributed by atoms with Crippen molar-refractivity contribution in [3.05, 3.63) is 36.7 Å². The number of hydrogen-bond acceptors (Lipinski definition) is 4. The van der Waals surface area contributed by atoms with Gasteiger partial charge in [0.05, 0.1) is 25.6 Å². The summed E-state index contributed by atoms with van der Waals surface area (Å²) in [4.78, 5) is 8.98. The second-order valence-electron chi connectivity index (χ2n) is 10.2. The van der Waals surface area contributed by atoms with Crippen LogP contribution in [0, 0.1) is 11.8 Å². The zero-order chi connectivity index (χ0) is 24.4. The predicted octanol–water partition coefficient (Wildman–Crippen LogP) is 8.89. The smallest absolute Gasteiger partial charge is 0.159 e. The SMILES string of the molecule is CCCCCCCCCCOc1ccc(-c2ncc(OCC[C@H](C)CCCC(C)C)cn2)cc1. The molecule has 0 radical (unpaired) electrons. The molecule has 1 atom stereocenters. The molecule has 0 aliphatic heterocycles. The average Bonchev–Trinajstić information content (AvgIpc) is 2.84. The van der Waals surface area contributed by atoms with Crippen molar-refractivity contribution in [3.63, 3.8) is 0 Å². The summed E-state index contributed by atoms with van der Waals surface area (Å²) in [5.74, 6) is 3.85. The molecule has 0 saturated carbocycles. The highest BCUT2D eigenvalue weighted by Crippen LogP contribution is 2.21. The first kappa shape index (κ1) is 28.1. The highest BCUT2D eigenvalue weighted by atomic mass is 16.5. The molecular weight excluding hydrogens is 420 g/mol. The number of rotatable bonds is 19. The highest BCUT2D eigenvalue weighted by molar-refractivity contribution is 5.56. The lowest BCUT2D eigenvalue weighted by atomic mass is 9.98. The van der Waals surface area contributed by atoms with Gasteiger partial charge in [0.2, 0.25) is 0 Å². The molecule has 2 aromatic rings. The molecule has 4 heteroatoms. The molecular formula is C30H48N2O2. The third-order valence-electron chi connectivity index (χ3n) is 6.37. The van der Waals surface area contributed by atoms with Gasteiger partial charge in [0, 0.05) is 5.56 Å². The van der Waals surface area contributed by atoms with Crippen molar-refractivity contribution in [2.75, 3.05) is 13.2 Å². The van der Waals surface area contributed by atoms with Crippen LogP contribution in [0.15, 0.2) is 36.7 Å². The van der Waals surface area contributed by atoms with Crippen molar-refractivity contribution in [2.45, 2.75) is 105 Å². The van der Waals surface area contributed by atoms with E-state index in [9.17, 15) is 0 Å². The van der Waals surface area contributed by atoms with E-state index in [0.717, 1.165) is 49.0 Å². The summed E-state index contributed by atoms with van der Waals surface area (Å²) in [5, 5.41) is 0. The normalized spacial score (nSPS) is 12.1. The van der Waals surface area contributed by atoms with E-state index in [4.69, 9.17) is 9.47 Å². The molecule has 0 saturated heterocycles.